The maximum absolute atomic E-state index is 13.1. The van der Waals surface area contributed by atoms with E-state index in [-0.39, 0.29) is 11.3 Å². The number of nitrogens with zero attached hydrogens (tertiary/aromatic N) is 2. The summed E-state index contributed by atoms with van der Waals surface area (Å²) in [6.45, 7) is 1.84. The molecule has 0 N–H and O–H groups in total. The average molecular weight is 232 g/mol. The number of halogens is 1. The van der Waals surface area contributed by atoms with Crippen LogP contribution in [0.3, 0.4) is 0 Å². The van der Waals surface area contributed by atoms with Crippen molar-refractivity contribution in [2.75, 3.05) is 0 Å². The van der Waals surface area contributed by atoms with Crippen molar-refractivity contribution in [3.8, 4) is 11.3 Å². The van der Waals surface area contributed by atoms with Crippen molar-refractivity contribution in [3.05, 3.63) is 58.0 Å². The SMILES string of the molecule is Cc1ccnc(-c2cc(F)ccc2[N+](=O)[O-])c1. The first-order valence-corrected chi connectivity index (χ1v) is 4.95. The summed E-state index contributed by atoms with van der Waals surface area (Å²) in [6, 6.07) is 6.79. The molecule has 5 heteroatoms. The fourth-order valence-corrected chi connectivity index (χ4v) is 1.56. The Morgan fingerprint density at radius 2 is 2.06 bits per heavy atom. The third-order valence-corrected chi connectivity index (χ3v) is 2.35. The summed E-state index contributed by atoms with van der Waals surface area (Å²) in [6.07, 6.45) is 1.54. The van der Waals surface area contributed by atoms with Crippen LogP contribution >= 0.6 is 0 Å². The number of rotatable bonds is 2. The zero-order chi connectivity index (χ0) is 12.4. The second-order valence-electron chi connectivity index (χ2n) is 3.64. The van der Waals surface area contributed by atoms with Crippen LogP contribution in [0, 0.1) is 22.9 Å². The number of hydrogen-bond acceptors (Lipinski definition) is 3. The van der Waals surface area contributed by atoms with E-state index in [0.29, 0.717) is 5.69 Å². The van der Waals surface area contributed by atoms with Crippen LogP contribution in [0.4, 0.5) is 10.1 Å². The van der Waals surface area contributed by atoms with Gasteiger partial charge in [0.2, 0.25) is 0 Å². The first-order valence-electron chi connectivity index (χ1n) is 4.95. The van der Waals surface area contributed by atoms with Crippen LogP contribution in [0.1, 0.15) is 5.56 Å². The highest BCUT2D eigenvalue weighted by Crippen LogP contribution is 2.29. The van der Waals surface area contributed by atoms with Crippen molar-refractivity contribution in [3.63, 3.8) is 0 Å². The molecule has 17 heavy (non-hydrogen) atoms. The van der Waals surface area contributed by atoms with Gasteiger partial charge in [0, 0.05) is 12.3 Å². The van der Waals surface area contributed by atoms with Gasteiger partial charge in [-0.25, -0.2) is 4.39 Å². The summed E-state index contributed by atoms with van der Waals surface area (Å²) in [5.74, 6) is -0.520. The van der Waals surface area contributed by atoms with Gasteiger partial charge in [-0.3, -0.25) is 15.1 Å². The number of pyridine rings is 1. The lowest BCUT2D eigenvalue weighted by atomic mass is 10.1. The minimum Gasteiger partial charge on any atom is -0.258 e. The number of hydrogen-bond donors (Lipinski definition) is 0. The summed E-state index contributed by atoms with van der Waals surface area (Å²) in [7, 11) is 0. The van der Waals surface area contributed by atoms with Gasteiger partial charge in [-0.1, -0.05) is 0 Å². The lowest BCUT2D eigenvalue weighted by molar-refractivity contribution is -0.384. The molecule has 2 aromatic rings. The average Bonchev–Trinajstić information content (AvgIpc) is 2.28. The molecule has 0 unspecified atom stereocenters. The molecule has 1 aromatic heterocycles. The highest BCUT2D eigenvalue weighted by atomic mass is 19.1. The van der Waals surface area contributed by atoms with Crippen LogP contribution in [-0.4, -0.2) is 9.91 Å². The number of nitro groups is 1. The molecule has 0 aliphatic carbocycles. The quantitative estimate of drug-likeness (QED) is 0.590. The molecule has 0 aliphatic rings. The van der Waals surface area contributed by atoms with Gasteiger partial charge in [0.15, 0.2) is 0 Å². The van der Waals surface area contributed by atoms with Crippen molar-refractivity contribution >= 4 is 5.69 Å². The molecular weight excluding hydrogens is 223 g/mol. The molecule has 86 valence electrons. The Balaban J connectivity index is 2.65. The molecule has 0 aliphatic heterocycles. The predicted octanol–water partition coefficient (Wildman–Crippen LogP) is 3.10. The normalized spacial score (nSPS) is 10.2. The zero-order valence-corrected chi connectivity index (χ0v) is 9.05. The zero-order valence-electron chi connectivity index (χ0n) is 9.05. The number of aromatic nitrogens is 1. The molecule has 1 aromatic carbocycles. The number of nitro benzene ring substituents is 1. The van der Waals surface area contributed by atoms with Gasteiger partial charge < -0.3 is 0 Å². The van der Waals surface area contributed by atoms with Gasteiger partial charge in [0.1, 0.15) is 5.82 Å². The second-order valence-corrected chi connectivity index (χ2v) is 3.64. The van der Waals surface area contributed by atoms with Gasteiger partial charge >= 0.3 is 0 Å². The van der Waals surface area contributed by atoms with E-state index in [9.17, 15) is 14.5 Å². The van der Waals surface area contributed by atoms with E-state index in [4.69, 9.17) is 0 Å². The van der Waals surface area contributed by atoms with Gasteiger partial charge in [-0.05, 0) is 36.8 Å². The highest BCUT2D eigenvalue weighted by Gasteiger charge is 2.16. The first-order chi connectivity index (χ1) is 8.08. The second kappa shape index (κ2) is 4.29. The van der Waals surface area contributed by atoms with Gasteiger partial charge in [0.05, 0.1) is 16.2 Å². The summed E-state index contributed by atoms with van der Waals surface area (Å²) in [4.78, 5) is 14.3. The van der Waals surface area contributed by atoms with Crippen molar-refractivity contribution < 1.29 is 9.31 Å². The van der Waals surface area contributed by atoms with E-state index < -0.39 is 10.7 Å². The minimum atomic E-state index is -0.543. The van der Waals surface area contributed by atoms with Crippen LogP contribution in [0.2, 0.25) is 0 Å². The molecule has 0 fully saturated rings. The first kappa shape index (κ1) is 11.2. The third-order valence-electron chi connectivity index (χ3n) is 2.35. The Bertz CT molecular complexity index is 584. The lowest BCUT2D eigenvalue weighted by Gasteiger charge is -2.03. The highest BCUT2D eigenvalue weighted by molar-refractivity contribution is 5.70. The molecule has 0 atom stereocenters. The van der Waals surface area contributed by atoms with E-state index in [1.807, 2.05) is 6.92 Å². The van der Waals surface area contributed by atoms with E-state index in [0.717, 1.165) is 23.8 Å². The summed E-state index contributed by atoms with van der Waals surface area (Å²) >= 11 is 0. The van der Waals surface area contributed by atoms with Gasteiger partial charge in [-0.2, -0.15) is 0 Å². The van der Waals surface area contributed by atoms with Crippen molar-refractivity contribution in [2.45, 2.75) is 6.92 Å². The smallest absolute Gasteiger partial charge is 0.258 e. The van der Waals surface area contributed by atoms with Gasteiger partial charge in [-0.15, -0.1) is 0 Å². The van der Waals surface area contributed by atoms with Crippen molar-refractivity contribution in [2.24, 2.45) is 0 Å². The molecule has 0 spiro atoms. The minimum absolute atomic E-state index is 0.149. The molecule has 0 amide bonds. The Labute approximate surface area is 96.9 Å². The molecule has 0 saturated heterocycles. The lowest BCUT2D eigenvalue weighted by Crippen LogP contribution is -1.94. The van der Waals surface area contributed by atoms with Gasteiger partial charge in [0.25, 0.3) is 5.69 Å². The fourth-order valence-electron chi connectivity index (χ4n) is 1.56. The number of aryl methyl sites for hydroxylation is 1. The predicted molar refractivity (Wildman–Crippen MR) is 61.0 cm³/mol. The molecule has 0 radical (unpaired) electrons. The maximum atomic E-state index is 13.1. The fraction of sp³-hybridized carbons (Fsp3) is 0.0833. The monoisotopic (exact) mass is 232 g/mol. The molecule has 0 bridgehead atoms. The standard InChI is InChI=1S/C12H9FN2O2/c1-8-4-5-14-11(6-8)10-7-9(13)2-3-12(10)15(16)17/h2-7H,1H3. The van der Waals surface area contributed by atoms with Crippen LogP contribution in [0.25, 0.3) is 11.3 Å². The van der Waals surface area contributed by atoms with Crippen molar-refractivity contribution in [1.29, 1.82) is 0 Å². The van der Waals surface area contributed by atoms with Crippen molar-refractivity contribution in [1.82, 2.24) is 4.98 Å². The largest absolute Gasteiger partial charge is 0.278 e. The Morgan fingerprint density at radius 3 is 2.71 bits per heavy atom. The number of benzene rings is 1. The van der Waals surface area contributed by atoms with Crippen LogP contribution in [-0.2, 0) is 0 Å². The molecular formula is C12H9FN2O2. The van der Waals surface area contributed by atoms with E-state index >= 15 is 0 Å². The Hall–Kier alpha value is -2.30. The molecule has 1 heterocycles. The van der Waals surface area contributed by atoms with Crippen LogP contribution in [0.15, 0.2) is 36.5 Å². The molecule has 2 rings (SSSR count). The van der Waals surface area contributed by atoms with E-state index in [2.05, 4.69) is 4.98 Å². The topological polar surface area (TPSA) is 56.0 Å². The van der Waals surface area contributed by atoms with Crippen LogP contribution in [0.5, 0.6) is 0 Å². The summed E-state index contributed by atoms with van der Waals surface area (Å²) in [5.41, 5.74) is 1.35. The summed E-state index contributed by atoms with van der Waals surface area (Å²) in [5, 5.41) is 10.8. The van der Waals surface area contributed by atoms with E-state index in [1.54, 1.807) is 18.3 Å². The Morgan fingerprint density at radius 1 is 1.29 bits per heavy atom. The Kier molecular flexibility index (Phi) is 2.82. The van der Waals surface area contributed by atoms with E-state index in [1.165, 1.54) is 0 Å². The summed E-state index contributed by atoms with van der Waals surface area (Å²) < 4.78 is 13.1. The third kappa shape index (κ3) is 2.28. The molecule has 0 saturated carbocycles. The molecule has 4 nitrogen and oxygen atoms in total. The maximum Gasteiger partial charge on any atom is 0.278 e. The van der Waals surface area contributed by atoms with Crippen LogP contribution < -0.4 is 0 Å².